The van der Waals surface area contributed by atoms with Crippen LogP contribution >= 0.6 is 0 Å². The molecule has 2 atom stereocenters. The van der Waals surface area contributed by atoms with Crippen molar-refractivity contribution in [2.75, 3.05) is 13.7 Å². The van der Waals surface area contributed by atoms with Gasteiger partial charge in [0.2, 0.25) is 0 Å². The summed E-state index contributed by atoms with van der Waals surface area (Å²) in [6.07, 6.45) is 3.17. The maximum Gasteiger partial charge on any atom is 0.0693 e. The molecule has 0 radical (unpaired) electrons. The molecule has 0 aromatic carbocycles. The Labute approximate surface area is 91.6 Å². The van der Waals surface area contributed by atoms with Gasteiger partial charge in [-0.05, 0) is 19.9 Å². The van der Waals surface area contributed by atoms with Gasteiger partial charge in [-0.3, -0.25) is 4.68 Å². The normalized spacial score (nSPS) is 15.2. The third kappa shape index (κ3) is 4.01. The van der Waals surface area contributed by atoms with Gasteiger partial charge < -0.3 is 10.1 Å². The van der Waals surface area contributed by atoms with Crippen LogP contribution in [0.25, 0.3) is 0 Å². The summed E-state index contributed by atoms with van der Waals surface area (Å²) >= 11 is 0. The van der Waals surface area contributed by atoms with Crippen LogP contribution in [0.5, 0.6) is 0 Å². The van der Waals surface area contributed by atoms with E-state index in [-0.39, 0.29) is 6.10 Å². The number of methoxy groups -OCH3 is 1. The number of aromatic nitrogens is 2. The largest absolute Gasteiger partial charge is 0.380 e. The van der Waals surface area contributed by atoms with E-state index in [1.54, 1.807) is 7.11 Å². The zero-order chi connectivity index (χ0) is 11.3. The zero-order valence-corrected chi connectivity index (χ0v) is 10.0. The van der Waals surface area contributed by atoms with Crippen molar-refractivity contribution in [1.29, 1.82) is 0 Å². The van der Waals surface area contributed by atoms with Crippen LogP contribution in [0.15, 0.2) is 12.3 Å². The fourth-order valence-corrected chi connectivity index (χ4v) is 1.39. The predicted octanol–water partition coefficient (Wildman–Crippen LogP) is 0.976. The molecule has 0 bridgehead atoms. The lowest BCUT2D eigenvalue weighted by Crippen LogP contribution is -2.37. The number of ether oxygens (including phenoxy) is 1. The standard InChI is InChI=1S/C11H21N3O/c1-9(10(2)15-4)12-7-5-11-6-8-14(3)13-11/h6,8-10,12H,5,7H2,1-4H3. The van der Waals surface area contributed by atoms with Gasteiger partial charge in [-0.15, -0.1) is 0 Å². The molecule has 0 amide bonds. The van der Waals surface area contributed by atoms with Crippen molar-refractivity contribution in [3.8, 4) is 0 Å². The van der Waals surface area contributed by atoms with Crippen LogP contribution in [0.4, 0.5) is 0 Å². The Hall–Kier alpha value is -0.870. The molecule has 0 aliphatic heterocycles. The van der Waals surface area contributed by atoms with Crippen molar-refractivity contribution in [3.05, 3.63) is 18.0 Å². The minimum absolute atomic E-state index is 0.244. The van der Waals surface area contributed by atoms with E-state index in [0.717, 1.165) is 18.7 Å². The molecule has 0 saturated heterocycles. The Morgan fingerprint density at radius 2 is 2.27 bits per heavy atom. The van der Waals surface area contributed by atoms with Crippen LogP contribution in [0, 0.1) is 0 Å². The molecule has 0 saturated carbocycles. The molecule has 4 heteroatoms. The molecule has 1 aromatic heterocycles. The fourth-order valence-electron chi connectivity index (χ4n) is 1.39. The minimum Gasteiger partial charge on any atom is -0.380 e. The van der Waals surface area contributed by atoms with E-state index < -0.39 is 0 Å². The number of rotatable bonds is 6. The van der Waals surface area contributed by atoms with E-state index in [4.69, 9.17) is 4.74 Å². The molecular formula is C11H21N3O. The van der Waals surface area contributed by atoms with E-state index in [0.29, 0.717) is 6.04 Å². The van der Waals surface area contributed by atoms with E-state index >= 15 is 0 Å². The number of hydrogen-bond acceptors (Lipinski definition) is 3. The van der Waals surface area contributed by atoms with Crippen molar-refractivity contribution in [3.63, 3.8) is 0 Å². The van der Waals surface area contributed by atoms with E-state index in [9.17, 15) is 0 Å². The molecule has 1 N–H and O–H groups in total. The average Bonchev–Trinajstić information content (AvgIpc) is 2.63. The van der Waals surface area contributed by atoms with Crippen LogP contribution in [0.2, 0.25) is 0 Å². The van der Waals surface area contributed by atoms with Gasteiger partial charge in [-0.25, -0.2) is 0 Å². The van der Waals surface area contributed by atoms with Gasteiger partial charge in [0.1, 0.15) is 0 Å². The number of hydrogen-bond donors (Lipinski definition) is 1. The van der Waals surface area contributed by atoms with Gasteiger partial charge in [0.25, 0.3) is 0 Å². The second kappa shape index (κ2) is 5.88. The molecule has 2 unspecified atom stereocenters. The molecule has 15 heavy (non-hydrogen) atoms. The fraction of sp³-hybridized carbons (Fsp3) is 0.727. The number of nitrogens with zero attached hydrogens (tertiary/aromatic N) is 2. The highest BCUT2D eigenvalue weighted by molar-refractivity contribution is 4.99. The molecule has 1 heterocycles. The Bertz CT molecular complexity index is 285. The van der Waals surface area contributed by atoms with E-state index in [1.807, 2.05) is 24.0 Å². The molecule has 1 aromatic rings. The Kier molecular flexibility index (Phi) is 4.78. The summed E-state index contributed by atoms with van der Waals surface area (Å²) in [7, 11) is 3.67. The van der Waals surface area contributed by atoms with Crippen LogP contribution in [0.3, 0.4) is 0 Å². The van der Waals surface area contributed by atoms with Crippen LogP contribution in [-0.4, -0.2) is 35.6 Å². The predicted molar refractivity (Wildman–Crippen MR) is 60.8 cm³/mol. The topological polar surface area (TPSA) is 39.1 Å². The summed E-state index contributed by atoms with van der Waals surface area (Å²) in [6, 6.07) is 2.42. The minimum atomic E-state index is 0.244. The Balaban J connectivity index is 2.21. The van der Waals surface area contributed by atoms with E-state index in [1.165, 1.54) is 0 Å². The lowest BCUT2D eigenvalue weighted by molar-refractivity contribution is 0.0890. The highest BCUT2D eigenvalue weighted by atomic mass is 16.5. The quantitative estimate of drug-likeness (QED) is 0.762. The summed E-state index contributed by atoms with van der Waals surface area (Å²) < 4.78 is 7.07. The molecule has 1 rings (SSSR count). The molecule has 0 aliphatic rings. The molecule has 0 fully saturated rings. The second-order valence-corrected chi connectivity index (χ2v) is 3.91. The zero-order valence-electron chi connectivity index (χ0n) is 10.0. The van der Waals surface area contributed by atoms with Gasteiger partial charge in [0.15, 0.2) is 0 Å². The highest BCUT2D eigenvalue weighted by Crippen LogP contribution is 1.98. The van der Waals surface area contributed by atoms with Gasteiger partial charge in [0, 0.05) is 39.4 Å². The highest BCUT2D eigenvalue weighted by Gasteiger charge is 2.09. The summed E-state index contributed by atoms with van der Waals surface area (Å²) in [5, 5.41) is 7.73. The van der Waals surface area contributed by atoms with Crippen molar-refractivity contribution < 1.29 is 4.74 Å². The van der Waals surface area contributed by atoms with Crippen LogP contribution in [0.1, 0.15) is 19.5 Å². The number of nitrogens with one attached hydrogen (secondary N) is 1. The first-order chi connectivity index (χ1) is 7.13. The first kappa shape index (κ1) is 12.2. The molecule has 0 spiro atoms. The maximum absolute atomic E-state index is 5.24. The Morgan fingerprint density at radius 3 is 2.80 bits per heavy atom. The van der Waals surface area contributed by atoms with Crippen LogP contribution < -0.4 is 5.32 Å². The van der Waals surface area contributed by atoms with Gasteiger partial charge in [-0.1, -0.05) is 0 Å². The third-order valence-electron chi connectivity index (χ3n) is 2.69. The number of aryl methyl sites for hydroxylation is 1. The van der Waals surface area contributed by atoms with Gasteiger partial charge in [0.05, 0.1) is 11.8 Å². The van der Waals surface area contributed by atoms with Gasteiger partial charge in [-0.2, -0.15) is 5.10 Å². The first-order valence-corrected chi connectivity index (χ1v) is 5.38. The third-order valence-corrected chi connectivity index (χ3v) is 2.69. The average molecular weight is 211 g/mol. The first-order valence-electron chi connectivity index (χ1n) is 5.38. The van der Waals surface area contributed by atoms with Crippen molar-refractivity contribution >= 4 is 0 Å². The van der Waals surface area contributed by atoms with Crippen molar-refractivity contribution in [2.45, 2.75) is 32.4 Å². The van der Waals surface area contributed by atoms with E-state index in [2.05, 4.69) is 24.3 Å². The molecular weight excluding hydrogens is 190 g/mol. The smallest absolute Gasteiger partial charge is 0.0693 e. The van der Waals surface area contributed by atoms with Gasteiger partial charge >= 0.3 is 0 Å². The molecule has 86 valence electrons. The summed E-state index contributed by atoms with van der Waals surface area (Å²) in [5.74, 6) is 0. The summed E-state index contributed by atoms with van der Waals surface area (Å²) in [4.78, 5) is 0. The SMILES string of the molecule is COC(C)C(C)NCCc1ccn(C)n1. The van der Waals surface area contributed by atoms with Crippen molar-refractivity contribution in [1.82, 2.24) is 15.1 Å². The molecule has 4 nitrogen and oxygen atoms in total. The Morgan fingerprint density at radius 1 is 1.53 bits per heavy atom. The molecule has 0 aliphatic carbocycles. The van der Waals surface area contributed by atoms with Crippen molar-refractivity contribution in [2.24, 2.45) is 7.05 Å². The van der Waals surface area contributed by atoms with Crippen LogP contribution in [-0.2, 0) is 18.2 Å². The monoisotopic (exact) mass is 211 g/mol. The maximum atomic E-state index is 5.24. The lowest BCUT2D eigenvalue weighted by Gasteiger charge is -2.19. The summed E-state index contributed by atoms with van der Waals surface area (Å²) in [6.45, 7) is 5.14. The second-order valence-electron chi connectivity index (χ2n) is 3.91. The summed E-state index contributed by atoms with van der Waals surface area (Å²) in [5.41, 5.74) is 1.13. The lowest BCUT2D eigenvalue weighted by atomic mass is 10.2.